The van der Waals surface area contributed by atoms with Gasteiger partial charge in [0.05, 0.1) is 40.2 Å². The molecule has 1 saturated heterocycles. The van der Waals surface area contributed by atoms with Crippen LogP contribution in [0, 0.1) is 17.5 Å². The molecule has 0 radical (unpaired) electrons. The van der Waals surface area contributed by atoms with E-state index in [4.69, 9.17) is 14.3 Å². The van der Waals surface area contributed by atoms with Gasteiger partial charge in [-0.05, 0) is 239 Å². The first-order chi connectivity index (χ1) is 54.3. The van der Waals surface area contributed by atoms with Crippen molar-refractivity contribution in [3.05, 3.63) is 284 Å². The number of pyridine rings is 3. The Labute approximate surface area is 698 Å². The Balaban J connectivity index is 0.000000200. The lowest BCUT2D eigenvalue weighted by molar-refractivity contribution is 0.00578. The second-order valence-corrected chi connectivity index (χ2v) is 44.8. The van der Waals surface area contributed by atoms with E-state index in [1.807, 2.05) is 102 Å². The molecular formula is C88H103BBrF3N4O15S5. The van der Waals surface area contributed by atoms with E-state index in [0.29, 0.717) is 72.8 Å². The Morgan fingerprint density at radius 3 is 1.33 bits per heavy atom. The summed E-state index contributed by atoms with van der Waals surface area (Å²) < 4.78 is 156. The third-order valence-corrected chi connectivity index (χ3v) is 30.6. The van der Waals surface area contributed by atoms with Gasteiger partial charge >= 0.3 is 7.12 Å². The maximum atomic E-state index is 13.6. The SMILES string of the molecule is CC(C[S@@](=O)C(C)(C)C)c1cc(=O)n(C)cc1Br.CCS(=O)(=O)Cc1ccc(C(=O)c2ccc(F)cc2)c(-c2cn(C)c(=O)cc2[C@H](C)C[S@@](=O)C(C)(C)C)c1.CCS(=O)(=O)Cc1ccc(C(=O)c2ccc(F)cc2)c(B2OC(C)(C)C(C)(C)O2)c1.CCS(=O)(=O)Cc1ccc2c(c1)-c1cn(C)c(=O)cc1[C@H](C)N=C2c1ccc(F)cc1. The smallest absolute Gasteiger partial charge is 0.399 e. The normalized spacial score (nSPS) is 15.6. The van der Waals surface area contributed by atoms with E-state index in [-0.39, 0.29) is 96.8 Å². The molecule has 0 amide bonds. The number of aliphatic imine (C=N–C) groups is 1. The molecule has 0 bridgehead atoms. The van der Waals surface area contributed by atoms with Crippen molar-refractivity contribution < 1.29 is 65.7 Å². The van der Waals surface area contributed by atoms with E-state index in [2.05, 4.69) is 15.9 Å². The second-order valence-electron chi connectivity index (χ2n) is 32.4. The second kappa shape index (κ2) is 37.9. The Kier molecular flexibility index (Phi) is 30.5. The van der Waals surface area contributed by atoms with Gasteiger partial charge in [-0.2, -0.15) is 0 Å². The molecule has 117 heavy (non-hydrogen) atoms. The number of hydrogen-bond acceptors (Lipinski definition) is 16. The monoisotopic (exact) mass is 1760 g/mol. The molecule has 1 unspecified atom stereocenters. The van der Waals surface area contributed by atoms with Crippen LogP contribution >= 0.6 is 15.9 Å². The summed E-state index contributed by atoms with van der Waals surface area (Å²) >= 11 is 3.46. The van der Waals surface area contributed by atoms with Crippen LogP contribution in [-0.2, 0) is 98.8 Å². The van der Waals surface area contributed by atoms with E-state index in [1.165, 1.54) is 80.4 Å². The summed E-state index contributed by atoms with van der Waals surface area (Å²) in [5.41, 5.74) is 8.97. The highest BCUT2D eigenvalue weighted by atomic mass is 79.9. The minimum atomic E-state index is -3.36. The van der Waals surface area contributed by atoms with Crippen molar-refractivity contribution in [2.75, 3.05) is 28.8 Å². The van der Waals surface area contributed by atoms with Crippen LogP contribution in [0.5, 0.6) is 0 Å². The molecule has 626 valence electrons. The lowest BCUT2D eigenvalue weighted by Gasteiger charge is -2.32. The summed E-state index contributed by atoms with van der Waals surface area (Å²) in [6.45, 7) is 29.8. The van der Waals surface area contributed by atoms with E-state index >= 15 is 0 Å². The van der Waals surface area contributed by atoms with Crippen LogP contribution in [0.15, 0.2) is 188 Å². The van der Waals surface area contributed by atoms with Crippen LogP contribution in [0.2, 0.25) is 0 Å². The van der Waals surface area contributed by atoms with Crippen molar-refractivity contribution in [3.8, 4) is 22.3 Å². The minimum absolute atomic E-state index is 0.0229. The number of benzene rings is 6. The molecule has 0 aliphatic carbocycles. The largest absolute Gasteiger partial charge is 0.495 e. The van der Waals surface area contributed by atoms with E-state index in [9.17, 15) is 70.8 Å². The summed E-state index contributed by atoms with van der Waals surface area (Å²) in [6, 6.07) is 36.2. The molecule has 5 heterocycles. The van der Waals surface area contributed by atoms with Crippen molar-refractivity contribution in [2.24, 2.45) is 26.1 Å². The van der Waals surface area contributed by atoms with Gasteiger partial charge in [0, 0.05) is 167 Å². The van der Waals surface area contributed by atoms with Crippen LogP contribution < -0.4 is 22.1 Å². The molecule has 0 N–H and O–H groups in total. The minimum Gasteiger partial charge on any atom is -0.399 e. The van der Waals surface area contributed by atoms with Gasteiger partial charge in [-0.15, -0.1) is 0 Å². The topological polar surface area (TPSA) is 268 Å². The maximum absolute atomic E-state index is 13.6. The van der Waals surface area contributed by atoms with Crippen LogP contribution in [0.3, 0.4) is 0 Å². The molecule has 5 atom stereocenters. The molecule has 2 aliphatic rings. The molecule has 0 saturated carbocycles. The number of carbonyl (C=O) groups is 2. The number of rotatable bonds is 22. The van der Waals surface area contributed by atoms with Crippen LogP contribution in [-0.4, -0.2) is 121 Å². The van der Waals surface area contributed by atoms with Crippen molar-refractivity contribution in [1.29, 1.82) is 0 Å². The lowest BCUT2D eigenvalue weighted by atomic mass is 9.73. The van der Waals surface area contributed by atoms with Gasteiger partial charge in [-0.3, -0.25) is 37.4 Å². The Morgan fingerprint density at radius 2 is 0.880 bits per heavy atom. The Hall–Kier alpha value is -8.42. The molecule has 19 nitrogen and oxygen atoms in total. The summed E-state index contributed by atoms with van der Waals surface area (Å²) in [4.78, 5) is 68.3. The third kappa shape index (κ3) is 24.0. The number of hydrogen-bond donors (Lipinski definition) is 0. The number of fused-ring (bicyclic) bond motifs is 3. The zero-order chi connectivity index (χ0) is 87.2. The number of halogens is 4. The van der Waals surface area contributed by atoms with E-state index < -0.39 is 85.8 Å². The first-order valence-corrected chi connectivity index (χ1v) is 47.0. The van der Waals surface area contributed by atoms with Crippen molar-refractivity contribution in [1.82, 2.24) is 13.7 Å². The summed E-state index contributed by atoms with van der Waals surface area (Å²) in [5.74, 6) is -1.60. The van der Waals surface area contributed by atoms with Crippen LogP contribution in [0.25, 0.3) is 22.3 Å². The van der Waals surface area contributed by atoms with E-state index in [1.54, 1.807) is 127 Å². The molecule has 2 aliphatic heterocycles. The van der Waals surface area contributed by atoms with Gasteiger partial charge in [0.2, 0.25) is 0 Å². The zero-order valence-electron chi connectivity index (χ0n) is 69.5. The molecule has 29 heteroatoms. The van der Waals surface area contributed by atoms with Gasteiger partial charge in [0.15, 0.2) is 41.1 Å². The average molecular weight is 1760 g/mol. The standard InChI is InChI=1S/C29H34FNO5S2.C24H23FN2O3S.C22H26BFO5S.C13H20BrNO2S/c1-7-38(35,36)18-20-8-13-23(28(33)21-9-11-22(30)12-10-21)25(14-20)26-16-31(6)27(32)15-24(26)19(2)17-37(34)29(3,4)5;1-4-31(29,30)14-16-5-10-19-21(11-16)22-13-27(3)23(28)12-20(22)15(2)26-24(19)17-6-8-18(25)9-7-17;1-6-30(26,27)14-15-7-12-18(20(25)16-8-10-17(24)11-9-16)19(13-15)23-28-21(2,3)22(4,5)29-23;1-9(8-18(17)13(2,3)4)10-6-12(16)15(5)7-11(10)14/h8-16,19H,7,17-18H2,1-6H3;5-13,15H,4,14H2,1-3H3;7-13H,6,14H2,1-5H3;6-7,9H,8H2,1-5H3/t19-,37-;15-;;9?,18-/m10.1/s1. The summed E-state index contributed by atoms with van der Waals surface area (Å²) in [7, 11) is -7.78. The fourth-order valence-electron chi connectivity index (χ4n) is 12.7. The zero-order valence-corrected chi connectivity index (χ0v) is 75.2. The van der Waals surface area contributed by atoms with Gasteiger partial charge in [0.1, 0.15) is 17.5 Å². The maximum Gasteiger partial charge on any atom is 0.495 e. The van der Waals surface area contributed by atoms with Gasteiger partial charge in [-0.25, -0.2) is 38.4 Å². The van der Waals surface area contributed by atoms with Crippen molar-refractivity contribution in [2.45, 2.75) is 167 Å². The Morgan fingerprint density at radius 1 is 0.504 bits per heavy atom. The number of carbonyl (C=O) groups excluding carboxylic acids is 2. The molecule has 1 fully saturated rings. The first kappa shape index (κ1) is 94.1. The number of aryl methyl sites for hydroxylation is 3. The van der Waals surface area contributed by atoms with Gasteiger partial charge in [0.25, 0.3) is 16.7 Å². The van der Waals surface area contributed by atoms with Crippen LogP contribution in [0.4, 0.5) is 13.2 Å². The number of nitrogens with zero attached hydrogens (tertiary/aromatic N) is 4. The molecule has 0 spiro atoms. The highest BCUT2D eigenvalue weighted by Crippen LogP contribution is 2.41. The average Bonchev–Trinajstić information content (AvgIpc) is 1.62. The van der Waals surface area contributed by atoms with Crippen molar-refractivity contribution in [3.63, 3.8) is 0 Å². The van der Waals surface area contributed by atoms with Crippen molar-refractivity contribution >= 4 is 96.9 Å². The number of sulfone groups is 3. The van der Waals surface area contributed by atoms with Gasteiger partial charge < -0.3 is 23.0 Å². The molecule has 11 rings (SSSR count). The van der Waals surface area contributed by atoms with E-state index in [0.717, 1.165) is 37.9 Å². The number of aromatic nitrogens is 3. The molecule has 6 aromatic carbocycles. The van der Waals surface area contributed by atoms with Crippen LogP contribution in [0.1, 0.15) is 205 Å². The lowest BCUT2D eigenvalue weighted by Crippen LogP contribution is -2.41. The fourth-order valence-corrected chi connectivity index (χ4v) is 18.4. The highest BCUT2D eigenvalue weighted by Gasteiger charge is 2.53. The fraction of sp³-hybridized carbons (Fsp3) is 0.386. The molecule has 9 aromatic rings. The number of ketones is 2. The first-order valence-electron chi connectivity index (χ1n) is 38.1. The Bertz CT molecular complexity index is 5840. The summed E-state index contributed by atoms with van der Waals surface area (Å²) in [5, 5.41) is 0. The third-order valence-electron chi connectivity index (χ3n) is 20.7. The van der Waals surface area contributed by atoms with Gasteiger partial charge in [-0.1, -0.05) is 77.1 Å². The quantitative estimate of drug-likeness (QED) is 0.0451. The predicted molar refractivity (Wildman–Crippen MR) is 468 cm³/mol. The highest BCUT2D eigenvalue weighted by molar-refractivity contribution is 9.10. The predicted octanol–water partition coefficient (Wildman–Crippen LogP) is 15.1. The molecule has 3 aromatic heterocycles. The molecular weight excluding hydrogens is 1660 g/mol. The summed E-state index contributed by atoms with van der Waals surface area (Å²) in [6.07, 6.45) is 5.16.